The third kappa shape index (κ3) is 3.31. The molecule has 0 spiro atoms. The average molecular weight is 276 g/mol. The van der Waals surface area contributed by atoms with Gasteiger partial charge in [0, 0.05) is 25.3 Å². The van der Waals surface area contributed by atoms with Crippen LogP contribution in [0.1, 0.15) is 36.2 Å². The highest BCUT2D eigenvalue weighted by Crippen LogP contribution is 2.21. The Morgan fingerprint density at radius 2 is 2.25 bits per heavy atom. The standard InChI is InChI=1S/C16H24N2O2/c1-4-13-11-18(8-9-20-13)16(19)14-10-12(3)6-7-15(14)17-5-2/h6-7,10,13,17H,4-5,8-9,11H2,1-3H3. The highest BCUT2D eigenvalue weighted by Gasteiger charge is 2.25. The molecule has 1 heterocycles. The predicted molar refractivity (Wildman–Crippen MR) is 81.3 cm³/mol. The van der Waals surface area contributed by atoms with Crippen molar-refractivity contribution in [2.24, 2.45) is 0 Å². The second-order valence-corrected chi connectivity index (χ2v) is 5.23. The van der Waals surface area contributed by atoms with Gasteiger partial charge in [0.1, 0.15) is 0 Å². The Kier molecular flexibility index (Phi) is 5.01. The Morgan fingerprint density at radius 1 is 1.45 bits per heavy atom. The van der Waals surface area contributed by atoms with Crippen LogP contribution in [-0.4, -0.2) is 43.2 Å². The molecule has 20 heavy (non-hydrogen) atoms. The summed E-state index contributed by atoms with van der Waals surface area (Å²) in [4.78, 5) is 14.6. The maximum absolute atomic E-state index is 12.7. The van der Waals surface area contributed by atoms with Crippen LogP contribution < -0.4 is 5.32 Å². The SMILES string of the molecule is CCNc1ccc(C)cc1C(=O)N1CCOC(CC)C1. The van der Waals surface area contributed by atoms with Gasteiger partial charge in [0.2, 0.25) is 0 Å². The van der Waals surface area contributed by atoms with Gasteiger partial charge in [-0.15, -0.1) is 0 Å². The molecule has 1 atom stereocenters. The number of hydrogen-bond donors (Lipinski definition) is 1. The summed E-state index contributed by atoms with van der Waals surface area (Å²) < 4.78 is 5.64. The van der Waals surface area contributed by atoms with Gasteiger partial charge in [-0.05, 0) is 32.4 Å². The minimum absolute atomic E-state index is 0.103. The van der Waals surface area contributed by atoms with Gasteiger partial charge < -0.3 is 15.0 Å². The van der Waals surface area contributed by atoms with E-state index in [-0.39, 0.29) is 12.0 Å². The highest BCUT2D eigenvalue weighted by molar-refractivity contribution is 6.00. The normalized spacial score (nSPS) is 18.9. The van der Waals surface area contributed by atoms with Crippen molar-refractivity contribution in [1.82, 2.24) is 4.90 Å². The van der Waals surface area contributed by atoms with Gasteiger partial charge >= 0.3 is 0 Å². The number of rotatable bonds is 4. The Morgan fingerprint density at radius 3 is 2.95 bits per heavy atom. The van der Waals surface area contributed by atoms with Crippen LogP contribution >= 0.6 is 0 Å². The molecular formula is C16H24N2O2. The first-order valence-corrected chi connectivity index (χ1v) is 7.41. The number of nitrogens with one attached hydrogen (secondary N) is 1. The molecule has 1 aliphatic heterocycles. The molecule has 0 aliphatic carbocycles. The largest absolute Gasteiger partial charge is 0.385 e. The number of hydrogen-bond acceptors (Lipinski definition) is 3. The van der Waals surface area contributed by atoms with Crippen LogP contribution in [0.15, 0.2) is 18.2 Å². The molecule has 110 valence electrons. The number of morpholine rings is 1. The summed E-state index contributed by atoms with van der Waals surface area (Å²) in [7, 11) is 0. The second-order valence-electron chi connectivity index (χ2n) is 5.23. The molecular weight excluding hydrogens is 252 g/mol. The minimum atomic E-state index is 0.103. The molecule has 0 radical (unpaired) electrons. The summed E-state index contributed by atoms with van der Waals surface area (Å²) in [5.74, 6) is 0.103. The number of nitrogens with zero attached hydrogens (tertiary/aromatic N) is 1. The molecule has 4 heteroatoms. The van der Waals surface area contributed by atoms with Crippen LogP contribution in [0, 0.1) is 6.92 Å². The molecule has 2 rings (SSSR count). The number of aryl methyl sites for hydroxylation is 1. The molecule has 4 nitrogen and oxygen atoms in total. The number of amides is 1. The third-order valence-electron chi connectivity index (χ3n) is 3.65. The summed E-state index contributed by atoms with van der Waals surface area (Å²) in [6.07, 6.45) is 1.11. The first kappa shape index (κ1) is 14.9. The monoisotopic (exact) mass is 276 g/mol. The third-order valence-corrected chi connectivity index (χ3v) is 3.65. The van der Waals surface area contributed by atoms with Crippen LogP contribution in [-0.2, 0) is 4.74 Å². The van der Waals surface area contributed by atoms with Crippen molar-refractivity contribution in [2.45, 2.75) is 33.3 Å². The molecule has 1 amide bonds. The number of anilines is 1. The van der Waals surface area contributed by atoms with Crippen molar-refractivity contribution < 1.29 is 9.53 Å². The van der Waals surface area contributed by atoms with Gasteiger partial charge in [-0.3, -0.25) is 4.79 Å². The molecule has 1 N–H and O–H groups in total. The molecule has 0 saturated carbocycles. The lowest BCUT2D eigenvalue weighted by Gasteiger charge is -2.33. The van der Waals surface area contributed by atoms with Crippen molar-refractivity contribution in [3.8, 4) is 0 Å². The van der Waals surface area contributed by atoms with E-state index in [4.69, 9.17) is 4.74 Å². The Balaban J connectivity index is 2.21. The lowest BCUT2D eigenvalue weighted by atomic mass is 10.1. The zero-order chi connectivity index (χ0) is 14.5. The van der Waals surface area contributed by atoms with E-state index in [0.717, 1.165) is 29.8 Å². The highest BCUT2D eigenvalue weighted by atomic mass is 16.5. The first-order chi connectivity index (χ1) is 9.65. The average Bonchev–Trinajstić information content (AvgIpc) is 2.48. The van der Waals surface area contributed by atoms with E-state index >= 15 is 0 Å². The van der Waals surface area contributed by atoms with Gasteiger partial charge in [-0.1, -0.05) is 18.6 Å². The van der Waals surface area contributed by atoms with E-state index in [1.807, 2.05) is 36.9 Å². The number of carbonyl (C=O) groups excluding carboxylic acids is 1. The van der Waals surface area contributed by atoms with Crippen LogP contribution in [0.4, 0.5) is 5.69 Å². The van der Waals surface area contributed by atoms with Crippen LogP contribution in [0.25, 0.3) is 0 Å². The second kappa shape index (κ2) is 6.75. The maximum atomic E-state index is 12.7. The van der Waals surface area contributed by atoms with E-state index in [0.29, 0.717) is 19.7 Å². The predicted octanol–water partition coefficient (Wildman–Crippen LogP) is 2.68. The Hall–Kier alpha value is -1.55. The van der Waals surface area contributed by atoms with Crippen molar-refractivity contribution in [3.05, 3.63) is 29.3 Å². The van der Waals surface area contributed by atoms with E-state index in [1.165, 1.54) is 0 Å². The van der Waals surface area contributed by atoms with Crippen molar-refractivity contribution in [2.75, 3.05) is 31.6 Å². The van der Waals surface area contributed by atoms with Crippen molar-refractivity contribution >= 4 is 11.6 Å². The number of carbonyl (C=O) groups is 1. The topological polar surface area (TPSA) is 41.6 Å². The van der Waals surface area contributed by atoms with Gasteiger partial charge in [-0.25, -0.2) is 0 Å². The van der Waals surface area contributed by atoms with Gasteiger partial charge in [0.25, 0.3) is 5.91 Å². The Bertz CT molecular complexity index is 474. The van der Waals surface area contributed by atoms with E-state index in [1.54, 1.807) is 0 Å². The summed E-state index contributed by atoms with van der Waals surface area (Å²) >= 11 is 0. The molecule has 0 aromatic heterocycles. The van der Waals surface area contributed by atoms with Crippen LogP contribution in [0.2, 0.25) is 0 Å². The van der Waals surface area contributed by atoms with Crippen molar-refractivity contribution in [1.29, 1.82) is 0 Å². The summed E-state index contributed by atoms with van der Waals surface area (Å²) in [5, 5.41) is 3.27. The molecule has 1 fully saturated rings. The number of benzene rings is 1. The fourth-order valence-corrected chi connectivity index (χ4v) is 2.50. The molecule has 0 bridgehead atoms. The van der Waals surface area contributed by atoms with E-state index in [9.17, 15) is 4.79 Å². The van der Waals surface area contributed by atoms with Crippen molar-refractivity contribution in [3.63, 3.8) is 0 Å². The molecule has 1 aromatic carbocycles. The summed E-state index contributed by atoms with van der Waals surface area (Å²) in [5.41, 5.74) is 2.79. The zero-order valence-electron chi connectivity index (χ0n) is 12.6. The van der Waals surface area contributed by atoms with E-state index < -0.39 is 0 Å². The molecule has 1 saturated heterocycles. The van der Waals surface area contributed by atoms with Gasteiger partial charge in [-0.2, -0.15) is 0 Å². The minimum Gasteiger partial charge on any atom is -0.385 e. The fraction of sp³-hybridized carbons (Fsp3) is 0.562. The lowest BCUT2D eigenvalue weighted by Crippen LogP contribution is -2.45. The lowest BCUT2D eigenvalue weighted by molar-refractivity contribution is -0.0225. The molecule has 1 aliphatic rings. The van der Waals surface area contributed by atoms with E-state index in [2.05, 4.69) is 12.2 Å². The fourth-order valence-electron chi connectivity index (χ4n) is 2.50. The maximum Gasteiger partial charge on any atom is 0.256 e. The first-order valence-electron chi connectivity index (χ1n) is 7.41. The van der Waals surface area contributed by atoms with Crippen LogP contribution in [0.3, 0.4) is 0 Å². The number of ether oxygens (including phenoxy) is 1. The molecule has 1 unspecified atom stereocenters. The van der Waals surface area contributed by atoms with Crippen LogP contribution in [0.5, 0.6) is 0 Å². The summed E-state index contributed by atoms with van der Waals surface area (Å²) in [6.45, 7) is 8.95. The zero-order valence-corrected chi connectivity index (χ0v) is 12.6. The van der Waals surface area contributed by atoms with Gasteiger partial charge in [0.05, 0.1) is 18.3 Å². The Labute approximate surface area is 121 Å². The smallest absolute Gasteiger partial charge is 0.256 e. The van der Waals surface area contributed by atoms with Gasteiger partial charge in [0.15, 0.2) is 0 Å². The molecule has 1 aromatic rings. The summed E-state index contributed by atoms with van der Waals surface area (Å²) in [6, 6.07) is 5.99. The quantitative estimate of drug-likeness (QED) is 0.919.